The summed E-state index contributed by atoms with van der Waals surface area (Å²) in [5, 5.41) is 15.5. The number of carbonyl (C=O) groups is 1. The van der Waals surface area contributed by atoms with Gasteiger partial charge in [-0.05, 0) is 32.9 Å². The van der Waals surface area contributed by atoms with Crippen LogP contribution in [-0.2, 0) is 10.2 Å². The highest BCUT2D eigenvalue weighted by Crippen LogP contribution is 2.26. The van der Waals surface area contributed by atoms with Gasteiger partial charge < -0.3 is 19.5 Å². The third-order valence-corrected chi connectivity index (χ3v) is 7.17. The molecule has 0 unspecified atom stereocenters. The largest absolute Gasteiger partial charge is 0.377 e. The van der Waals surface area contributed by atoms with Crippen molar-refractivity contribution in [3.05, 3.63) is 60.0 Å². The number of rotatable bonds is 9. The lowest BCUT2D eigenvalue weighted by Crippen LogP contribution is -2.47. The number of carbonyl (C=O) groups excluding carboxylic acids is 1. The smallest absolute Gasteiger partial charge is 0.258 e. The molecule has 0 aliphatic carbocycles. The fourth-order valence-corrected chi connectivity index (χ4v) is 4.66. The van der Waals surface area contributed by atoms with Gasteiger partial charge in [-0.2, -0.15) is 0 Å². The van der Waals surface area contributed by atoms with E-state index in [1.807, 2.05) is 40.1 Å². The van der Waals surface area contributed by atoms with Crippen LogP contribution >= 0.6 is 0 Å². The summed E-state index contributed by atoms with van der Waals surface area (Å²) in [6, 6.07) is 5.56. The maximum Gasteiger partial charge on any atom is 0.258 e. The highest BCUT2D eigenvalue weighted by Gasteiger charge is 2.22. The van der Waals surface area contributed by atoms with Gasteiger partial charge in [-0.15, -0.1) is 5.10 Å². The van der Waals surface area contributed by atoms with Gasteiger partial charge in [0.2, 0.25) is 0 Å². The summed E-state index contributed by atoms with van der Waals surface area (Å²) in [5.74, 6) is 0.690. The van der Waals surface area contributed by atoms with Gasteiger partial charge in [0, 0.05) is 62.2 Å². The van der Waals surface area contributed by atoms with E-state index in [9.17, 15) is 4.79 Å². The lowest BCUT2D eigenvalue weighted by molar-refractivity contribution is 0.0579. The van der Waals surface area contributed by atoms with E-state index < -0.39 is 0 Å². The van der Waals surface area contributed by atoms with Crippen LogP contribution in [0.5, 0.6) is 0 Å². The molecule has 12 heteroatoms. The van der Waals surface area contributed by atoms with Crippen molar-refractivity contribution in [2.45, 2.75) is 53.1 Å². The van der Waals surface area contributed by atoms with Crippen molar-refractivity contribution in [1.82, 2.24) is 35.0 Å². The number of piperazine rings is 1. The molecule has 222 valence electrons. The topological polar surface area (TPSA) is 127 Å². The quantitative estimate of drug-likeness (QED) is 0.312. The van der Waals surface area contributed by atoms with Crippen molar-refractivity contribution in [2.24, 2.45) is 0 Å². The summed E-state index contributed by atoms with van der Waals surface area (Å²) in [7, 11) is 0. The van der Waals surface area contributed by atoms with E-state index >= 15 is 0 Å². The summed E-state index contributed by atoms with van der Waals surface area (Å²) in [6.45, 7) is 17.5. The van der Waals surface area contributed by atoms with Crippen LogP contribution in [0.3, 0.4) is 0 Å². The molecule has 0 aromatic carbocycles. The number of hydrogen-bond acceptors (Lipinski definition) is 10. The molecule has 5 rings (SSSR count). The molecule has 1 fully saturated rings. The third kappa shape index (κ3) is 7.00. The van der Waals surface area contributed by atoms with Crippen molar-refractivity contribution in [3.63, 3.8) is 0 Å². The molecule has 0 radical (unpaired) electrons. The van der Waals surface area contributed by atoms with Gasteiger partial charge in [-0.25, -0.2) is 4.68 Å². The number of aryl methyl sites for hydroxylation is 1. The van der Waals surface area contributed by atoms with Crippen LogP contribution in [0.4, 0.5) is 11.5 Å². The van der Waals surface area contributed by atoms with Crippen molar-refractivity contribution in [3.8, 4) is 16.9 Å². The Morgan fingerprint density at radius 2 is 1.88 bits per heavy atom. The third-order valence-electron chi connectivity index (χ3n) is 7.17. The van der Waals surface area contributed by atoms with Crippen LogP contribution < -0.4 is 10.2 Å². The molecular formula is C30H39N9O3. The van der Waals surface area contributed by atoms with Gasteiger partial charge >= 0.3 is 0 Å². The average molecular weight is 574 g/mol. The zero-order valence-corrected chi connectivity index (χ0v) is 25.2. The highest BCUT2D eigenvalue weighted by atomic mass is 16.5. The van der Waals surface area contributed by atoms with Crippen molar-refractivity contribution < 1.29 is 14.1 Å². The Hall–Kier alpha value is -4.16. The number of nitrogens with zero attached hydrogens (tertiary/aromatic N) is 8. The van der Waals surface area contributed by atoms with Crippen LogP contribution in [0, 0.1) is 6.92 Å². The minimum Gasteiger partial charge on any atom is -0.377 e. The molecule has 0 bridgehead atoms. The zero-order valence-electron chi connectivity index (χ0n) is 25.2. The molecule has 0 saturated carbocycles. The molecule has 4 aromatic rings. The number of aromatic nitrogens is 6. The Labute approximate surface area is 246 Å². The standard InChI is InChI=1S/C30H39N9O3/c1-20(2)41-12-11-37-7-9-38(10-8-37)24-13-22(16-31-18-24)25-19-39(36-34-25)26-14-23(17-32-21(26)3)29(40)33-28-15-27(42-35-28)30(4,5)6/h13-20H,7-12H2,1-6H3,(H,33,35,40). The fraction of sp³-hybridized carbons (Fsp3) is 0.467. The molecule has 1 saturated heterocycles. The summed E-state index contributed by atoms with van der Waals surface area (Å²) >= 11 is 0. The lowest BCUT2D eigenvalue weighted by atomic mass is 9.93. The molecule has 0 atom stereocenters. The van der Waals surface area contributed by atoms with E-state index in [1.165, 1.54) is 6.20 Å². The Morgan fingerprint density at radius 1 is 1.10 bits per heavy atom. The predicted molar refractivity (Wildman–Crippen MR) is 160 cm³/mol. The Balaban J connectivity index is 1.26. The second-order valence-electron chi connectivity index (χ2n) is 11.8. The Morgan fingerprint density at radius 3 is 2.60 bits per heavy atom. The maximum absolute atomic E-state index is 13.0. The van der Waals surface area contributed by atoms with E-state index in [2.05, 4.69) is 60.5 Å². The number of hydrogen-bond donors (Lipinski definition) is 1. The van der Waals surface area contributed by atoms with E-state index in [0.29, 0.717) is 34.2 Å². The monoisotopic (exact) mass is 573 g/mol. The first-order chi connectivity index (χ1) is 20.1. The number of pyridine rings is 2. The first-order valence-corrected chi connectivity index (χ1v) is 14.3. The molecule has 4 aromatic heterocycles. The molecule has 5 heterocycles. The van der Waals surface area contributed by atoms with Crippen LogP contribution in [0.2, 0.25) is 0 Å². The minimum atomic E-state index is -0.345. The van der Waals surface area contributed by atoms with E-state index in [0.717, 1.165) is 50.6 Å². The molecule has 42 heavy (non-hydrogen) atoms. The van der Waals surface area contributed by atoms with Crippen LogP contribution in [0.1, 0.15) is 56.4 Å². The predicted octanol–water partition coefficient (Wildman–Crippen LogP) is 4.12. The molecule has 1 aliphatic heterocycles. The van der Waals surface area contributed by atoms with Crippen LogP contribution in [0.25, 0.3) is 16.9 Å². The van der Waals surface area contributed by atoms with Gasteiger partial charge in [-0.3, -0.25) is 19.7 Å². The van der Waals surface area contributed by atoms with Crippen molar-refractivity contribution >= 4 is 17.4 Å². The number of ether oxygens (including phenoxy) is 1. The van der Waals surface area contributed by atoms with Crippen molar-refractivity contribution in [1.29, 1.82) is 0 Å². The fourth-order valence-electron chi connectivity index (χ4n) is 4.66. The van der Waals surface area contributed by atoms with Gasteiger partial charge in [0.05, 0.1) is 47.7 Å². The SMILES string of the molecule is Cc1ncc(C(=O)Nc2cc(C(C)(C)C)on2)cc1-n1cc(-c2cncc(N3CCN(CCOC(C)C)CC3)c2)nn1. The summed E-state index contributed by atoms with van der Waals surface area (Å²) in [4.78, 5) is 26.7. The number of anilines is 2. The van der Waals surface area contributed by atoms with E-state index in [1.54, 1.807) is 23.0 Å². The Bertz CT molecular complexity index is 1510. The highest BCUT2D eigenvalue weighted by molar-refractivity contribution is 6.03. The molecule has 1 amide bonds. The molecule has 1 N–H and O–H groups in total. The van der Waals surface area contributed by atoms with Crippen molar-refractivity contribution in [2.75, 3.05) is 49.5 Å². The average Bonchev–Trinajstić information content (AvgIpc) is 3.64. The van der Waals surface area contributed by atoms with Gasteiger partial charge in [0.25, 0.3) is 5.91 Å². The second-order valence-corrected chi connectivity index (χ2v) is 11.8. The maximum atomic E-state index is 13.0. The molecule has 12 nitrogen and oxygen atoms in total. The first-order valence-electron chi connectivity index (χ1n) is 14.3. The summed E-state index contributed by atoms with van der Waals surface area (Å²) in [6.07, 6.45) is 7.29. The number of nitrogens with one attached hydrogen (secondary N) is 1. The minimum absolute atomic E-state index is 0.216. The zero-order chi connectivity index (χ0) is 29.9. The normalized spacial score (nSPS) is 14.5. The van der Waals surface area contributed by atoms with Gasteiger partial charge in [0.15, 0.2) is 5.82 Å². The second kappa shape index (κ2) is 12.4. The van der Waals surface area contributed by atoms with E-state index in [-0.39, 0.29) is 17.4 Å². The molecular weight excluding hydrogens is 534 g/mol. The van der Waals surface area contributed by atoms with E-state index in [4.69, 9.17) is 9.26 Å². The first kappa shape index (κ1) is 29.3. The lowest BCUT2D eigenvalue weighted by Gasteiger charge is -2.36. The van der Waals surface area contributed by atoms with Crippen LogP contribution in [-0.4, -0.2) is 86.4 Å². The Kier molecular flexibility index (Phi) is 8.64. The van der Waals surface area contributed by atoms with Gasteiger partial charge in [-0.1, -0.05) is 31.1 Å². The molecule has 1 aliphatic rings. The summed E-state index contributed by atoms with van der Waals surface area (Å²) < 4.78 is 12.7. The van der Waals surface area contributed by atoms with Crippen LogP contribution in [0.15, 0.2) is 47.5 Å². The summed E-state index contributed by atoms with van der Waals surface area (Å²) in [5.41, 5.74) is 4.12. The number of amides is 1. The van der Waals surface area contributed by atoms with Gasteiger partial charge in [0.1, 0.15) is 11.5 Å². The molecule has 0 spiro atoms.